The first kappa shape index (κ1) is 14.0. The number of nitrogens with zero attached hydrogens (tertiary/aromatic N) is 4. The molecule has 3 rings (SSSR count). The minimum atomic E-state index is 0.559. The number of likely N-dealkylation sites (N-methyl/N-ethyl adjacent to an activating group) is 1. The first-order valence-electron chi connectivity index (χ1n) is 7.23. The molecule has 2 heterocycles. The Balaban J connectivity index is 1.57. The topological polar surface area (TPSA) is 54.6 Å². The Morgan fingerprint density at radius 1 is 1.19 bits per heavy atom. The highest BCUT2D eigenvalue weighted by atomic mass is 16.5. The molecule has 0 bridgehead atoms. The van der Waals surface area contributed by atoms with Gasteiger partial charge in [-0.1, -0.05) is 18.2 Å². The largest absolute Gasteiger partial charge is 0.379 e. The lowest BCUT2D eigenvalue weighted by atomic mass is 10.2. The second-order valence-corrected chi connectivity index (χ2v) is 5.14. The number of anilines is 1. The van der Waals surface area contributed by atoms with Gasteiger partial charge in [-0.3, -0.25) is 4.90 Å². The van der Waals surface area contributed by atoms with Gasteiger partial charge >= 0.3 is 0 Å². The van der Waals surface area contributed by atoms with Crippen LogP contribution < -0.4 is 4.90 Å². The summed E-state index contributed by atoms with van der Waals surface area (Å²) in [5.41, 5.74) is 0.942. The Kier molecular flexibility index (Phi) is 4.47. The number of aromatic nitrogens is 2. The van der Waals surface area contributed by atoms with Gasteiger partial charge in [0.05, 0.1) is 13.2 Å². The summed E-state index contributed by atoms with van der Waals surface area (Å²) < 4.78 is 10.7. The highest BCUT2D eigenvalue weighted by Crippen LogP contribution is 2.19. The minimum Gasteiger partial charge on any atom is -0.379 e. The molecule has 0 aliphatic carbocycles. The maximum atomic E-state index is 5.35. The van der Waals surface area contributed by atoms with Gasteiger partial charge in [0.1, 0.15) is 0 Å². The summed E-state index contributed by atoms with van der Waals surface area (Å²) >= 11 is 0. The molecule has 0 amide bonds. The number of rotatable bonds is 5. The molecule has 0 N–H and O–H groups in total. The fourth-order valence-corrected chi connectivity index (χ4v) is 2.28. The van der Waals surface area contributed by atoms with Crippen LogP contribution in [-0.2, 0) is 4.74 Å². The third kappa shape index (κ3) is 3.59. The summed E-state index contributed by atoms with van der Waals surface area (Å²) in [4.78, 5) is 8.86. The Hall–Kier alpha value is -1.92. The molecular formula is C15H20N4O2. The van der Waals surface area contributed by atoms with Gasteiger partial charge in [-0.15, -0.1) is 0 Å². The lowest BCUT2D eigenvalue weighted by Crippen LogP contribution is -2.40. The minimum absolute atomic E-state index is 0.559. The predicted molar refractivity (Wildman–Crippen MR) is 80.3 cm³/mol. The van der Waals surface area contributed by atoms with Crippen molar-refractivity contribution in [2.45, 2.75) is 0 Å². The van der Waals surface area contributed by atoms with Crippen LogP contribution >= 0.6 is 0 Å². The third-order valence-corrected chi connectivity index (χ3v) is 3.63. The van der Waals surface area contributed by atoms with Crippen LogP contribution in [-0.4, -0.2) is 61.5 Å². The SMILES string of the molecule is CN(CCN1CCOCC1)c1noc(-c2ccccc2)n1. The number of ether oxygens (including phenoxy) is 1. The number of benzene rings is 1. The number of morpholine rings is 1. The van der Waals surface area contributed by atoms with Crippen LogP contribution in [0.4, 0.5) is 5.95 Å². The molecule has 1 fully saturated rings. The molecule has 21 heavy (non-hydrogen) atoms. The lowest BCUT2D eigenvalue weighted by molar-refractivity contribution is 0.0392. The zero-order chi connectivity index (χ0) is 14.5. The highest BCUT2D eigenvalue weighted by molar-refractivity contribution is 5.53. The average Bonchev–Trinajstić information content (AvgIpc) is 3.04. The molecule has 0 unspecified atom stereocenters. The fourth-order valence-electron chi connectivity index (χ4n) is 2.28. The van der Waals surface area contributed by atoms with Gasteiger partial charge in [0.25, 0.3) is 11.8 Å². The number of hydrogen-bond donors (Lipinski definition) is 0. The molecule has 2 aromatic rings. The van der Waals surface area contributed by atoms with E-state index in [1.807, 2.05) is 42.3 Å². The molecule has 6 heteroatoms. The van der Waals surface area contributed by atoms with Gasteiger partial charge < -0.3 is 14.2 Å². The fraction of sp³-hybridized carbons (Fsp3) is 0.467. The van der Waals surface area contributed by atoms with Gasteiger partial charge in [-0.25, -0.2) is 0 Å². The zero-order valence-corrected chi connectivity index (χ0v) is 12.2. The van der Waals surface area contributed by atoms with Crippen molar-refractivity contribution in [2.75, 3.05) is 51.3 Å². The van der Waals surface area contributed by atoms with Crippen LogP contribution in [0.1, 0.15) is 0 Å². The number of hydrogen-bond acceptors (Lipinski definition) is 6. The smallest absolute Gasteiger partial charge is 0.266 e. The summed E-state index contributed by atoms with van der Waals surface area (Å²) in [6, 6.07) is 9.81. The predicted octanol–water partition coefficient (Wildman–Crippen LogP) is 1.50. The van der Waals surface area contributed by atoms with Crippen molar-refractivity contribution >= 4 is 5.95 Å². The first-order chi connectivity index (χ1) is 10.3. The van der Waals surface area contributed by atoms with Crippen molar-refractivity contribution in [2.24, 2.45) is 0 Å². The molecule has 1 aromatic carbocycles. The van der Waals surface area contributed by atoms with Gasteiger partial charge in [0.15, 0.2) is 0 Å². The first-order valence-corrected chi connectivity index (χ1v) is 7.23. The summed E-state index contributed by atoms with van der Waals surface area (Å²) in [7, 11) is 1.99. The molecule has 0 saturated carbocycles. The second kappa shape index (κ2) is 6.69. The Morgan fingerprint density at radius 2 is 1.95 bits per heavy atom. The van der Waals surface area contributed by atoms with Crippen molar-refractivity contribution < 1.29 is 9.26 Å². The maximum absolute atomic E-state index is 5.35. The van der Waals surface area contributed by atoms with Crippen LogP contribution in [0.2, 0.25) is 0 Å². The third-order valence-electron chi connectivity index (χ3n) is 3.63. The summed E-state index contributed by atoms with van der Waals surface area (Å²) in [6.07, 6.45) is 0. The molecule has 1 aliphatic rings. The van der Waals surface area contributed by atoms with Crippen molar-refractivity contribution in [3.8, 4) is 11.5 Å². The van der Waals surface area contributed by atoms with E-state index in [2.05, 4.69) is 15.0 Å². The Bertz CT molecular complexity index is 552. The van der Waals surface area contributed by atoms with Crippen LogP contribution in [0.25, 0.3) is 11.5 Å². The zero-order valence-electron chi connectivity index (χ0n) is 12.2. The van der Waals surface area contributed by atoms with Crippen LogP contribution in [0, 0.1) is 0 Å². The Morgan fingerprint density at radius 3 is 2.71 bits per heavy atom. The normalized spacial score (nSPS) is 16.0. The summed E-state index contributed by atoms with van der Waals surface area (Å²) in [5, 5.41) is 4.05. The van der Waals surface area contributed by atoms with Crippen LogP contribution in [0.3, 0.4) is 0 Å². The maximum Gasteiger partial charge on any atom is 0.266 e. The van der Waals surface area contributed by atoms with E-state index in [0.717, 1.165) is 45.0 Å². The molecule has 1 aliphatic heterocycles. The van der Waals surface area contributed by atoms with Gasteiger partial charge in [0.2, 0.25) is 0 Å². The monoisotopic (exact) mass is 288 g/mol. The van der Waals surface area contributed by atoms with Crippen LogP contribution in [0.15, 0.2) is 34.9 Å². The quantitative estimate of drug-likeness (QED) is 0.831. The molecule has 0 spiro atoms. The molecule has 1 aromatic heterocycles. The van der Waals surface area contributed by atoms with Gasteiger partial charge in [0, 0.05) is 38.8 Å². The highest BCUT2D eigenvalue weighted by Gasteiger charge is 2.14. The van der Waals surface area contributed by atoms with Gasteiger partial charge in [-0.05, 0) is 17.3 Å². The van der Waals surface area contributed by atoms with Crippen molar-refractivity contribution in [1.82, 2.24) is 15.0 Å². The second-order valence-electron chi connectivity index (χ2n) is 5.14. The average molecular weight is 288 g/mol. The van der Waals surface area contributed by atoms with E-state index in [1.165, 1.54) is 0 Å². The Labute approximate surface area is 124 Å². The molecular weight excluding hydrogens is 268 g/mol. The van der Waals surface area contributed by atoms with Crippen LogP contribution in [0.5, 0.6) is 0 Å². The summed E-state index contributed by atoms with van der Waals surface area (Å²) in [5.74, 6) is 1.19. The van der Waals surface area contributed by atoms with Crippen molar-refractivity contribution in [3.63, 3.8) is 0 Å². The van der Waals surface area contributed by atoms with E-state index in [9.17, 15) is 0 Å². The van der Waals surface area contributed by atoms with E-state index in [1.54, 1.807) is 0 Å². The van der Waals surface area contributed by atoms with Crippen molar-refractivity contribution in [3.05, 3.63) is 30.3 Å². The summed E-state index contributed by atoms with van der Waals surface area (Å²) in [6.45, 7) is 5.49. The van der Waals surface area contributed by atoms with E-state index in [0.29, 0.717) is 11.8 Å². The van der Waals surface area contributed by atoms with E-state index < -0.39 is 0 Å². The standard InChI is InChI=1S/C15H20N4O2/c1-18(7-8-19-9-11-20-12-10-19)15-16-14(21-17-15)13-5-3-2-4-6-13/h2-6H,7-12H2,1H3. The van der Waals surface area contributed by atoms with E-state index in [-0.39, 0.29) is 0 Å². The van der Waals surface area contributed by atoms with Gasteiger partial charge in [-0.2, -0.15) is 4.98 Å². The van der Waals surface area contributed by atoms with Crippen molar-refractivity contribution in [1.29, 1.82) is 0 Å². The molecule has 6 nitrogen and oxygen atoms in total. The van der Waals surface area contributed by atoms with E-state index in [4.69, 9.17) is 9.26 Å². The molecule has 0 radical (unpaired) electrons. The molecule has 112 valence electrons. The lowest BCUT2D eigenvalue weighted by Gasteiger charge is -2.28. The van der Waals surface area contributed by atoms with E-state index >= 15 is 0 Å². The molecule has 0 atom stereocenters. The molecule has 1 saturated heterocycles.